The minimum absolute atomic E-state index is 0.109. The van der Waals surface area contributed by atoms with E-state index in [0.29, 0.717) is 6.54 Å². The number of amides is 3. The Bertz CT molecular complexity index is 759. The fraction of sp³-hybridized carbons (Fsp3) is 0.368. The van der Waals surface area contributed by atoms with E-state index in [0.717, 1.165) is 17.4 Å². The van der Waals surface area contributed by atoms with Crippen LogP contribution in [0.25, 0.3) is 10.8 Å². The van der Waals surface area contributed by atoms with Gasteiger partial charge in [-0.3, -0.25) is 4.79 Å². The van der Waals surface area contributed by atoms with E-state index in [2.05, 4.69) is 40.2 Å². The number of piperidine rings is 1. The highest BCUT2D eigenvalue weighted by Gasteiger charge is 2.30. The number of rotatable bonds is 3. The summed E-state index contributed by atoms with van der Waals surface area (Å²) in [6.07, 6.45) is 0.872. The number of carbonyl (C=O) groups excluding carboxylic acids is 2. The lowest BCUT2D eigenvalue weighted by Crippen LogP contribution is -2.56. The van der Waals surface area contributed by atoms with Gasteiger partial charge in [0.1, 0.15) is 6.04 Å². The van der Waals surface area contributed by atoms with E-state index in [1.165, 1.54) is 5.39 Å². The number of hydrogen-bond acceptors (Lipinski definition) is 2. The molecule has 1 aliphatic heterocycles. The molecule has 3 atom stereocenters. The summed E-state index contributed by atoms with van der Waals surface area (Å²) in [5, 5.41) is 10.8. The minimum atomic E-state index is -0.470. The standard InChI is InChI=1S/C19H23N3O2/c1-12-9-10-20-18(23)17(12)22-19(24)21-13(2)15-8-7-14-5-3-4-6-16(14)11-15/h3-8,11-13,17H,9-10H2,1-2H3,(H,20,23)(H2,21,22,24)/t12-,13+,17-/m1/s1. The van der Waals surface area contributed by atoms with Gasteiger partial charge in [-0.25, -0.2) is 4.79 Å². The molecule has 1 fully saturated rings. The second-order valence-corrected chi connectivity index (χ2v) is 6.48. The molecule has 2 aromatic carbocycles. The predicted octanol–water partition coefficient (Wildman–Crippen LogP) is 2.72. The zero-order chi connectivity index (χ0) is 17.1. The maximum absolute atomic E-state index is 12.2. The quantitative estimate of drug-likeness (QED) is 0.812. The van der Waals surface area contributed by atoms with Crippen LogP contribution in [-0.4, -0.2) is 24.5 Å². The van der Waals surface area contributed by atoms with Crippen molar-refractivity contribution in [2.24, 2.45) is 5.92 Å². The zero-order valence-corrected chi connectivity index (χ0v) is 14.0. The van der Waals surface area contributed by atoms with Gasteiger partial charge in [-0.1, -0.05) is 43.3 Å². The van der Waals surface area contributed by atoms with Crippen molar-refractivity contribution >= 4 is 22.7 Å². The first-order chi connectivity index (χ1) is 11.5. The van der Waals surface area contributed by atoms with Gasteiger partial charge in [0, 0.05) is 6.54 Å². The van der Waals surface area contributed by atoms with Gasteiger partial charge in [0.15, 0.2) is 0 Å². The molecular weight excluding hydrogens is 302 g/mol. The lowest BCUT2D eigenvalue weighted by Gasteiger charge is -2.29. The second-order valence-electron chi connectivity index (χ2n) is 6.48. The lowest BCUT2D eigenvalue weighted by molar-refractivity contribution is -0.125. The normalized spacial score (nSPS) is 21.8. The molecule has 0 unspecified atom stereocenters. The topological polar surface area (TPSA) is 70.2 Å². The van der Waals surface area contributed by atoms with Crippen LogP contribution in [0.3, 0.4) is 0 Å². The number of nitrogens with one attached hydrogen (secondary N) is 3. The fourth-order valence-corrected chi connectivity index (χ4v) is 3.11. The monoisotopic (exact) mass is 325 g/mol. The van der Waals surface area contributed by atoms with E-state index in [1.807, 2.05) is 32.0 Å². The average molecular weight is 325 g/mol. The summed E-state index contributed by atoms with van der Waals surface area (Å²) in [7, 11) is 0. The summed E-state index contributed by atoms with van der Waals surface area (Å²) in [4.78, 5) is 24.1. The molecule has 3 amide bonds. The van der Waals surface area contributed by atoms with Gasteiger partial charge in [0.05, 0.1) is 6.04 Å². The molecule has 1 heterocycles. The van der Waals surface area contributed by atoms with Gasteiger partial charge in [-0.05, 0) is 41.7 Å². The van der Waals surface area contributed by atoms with E-state index in [-0.39, 0.29) is 23.9 Å². The summed E-state index contributed by atoms with van der Waals surface area (Å²) in [5.41, 5.74) is 1.03. The van der Waals surface area contributed by atoms with Crippen LogP contribution in [0.1, 0.15) is 31.9 Å². The first kappa shape index (κ1) is 16.3. The molecule has 126 valence electrons. The summed E-state index contributed by atoms with van der Waals surface area (Å²) < 4.78 is 0. The first-order valence-electron chi connectivity index (χ1n) is 8.38. The SMILES string of the molecule is C[C@H](NC(=O)N[C@H]1C(=O)NCC[C@H]1C)c1ccc2ccccc2c1. The Morgan fingerprint density at radius 2 is 1.96 bits per heavy atom. The maximum atomic E-state index is 12.2. The third-order valence-electron chi connectivity index (χ3n) is 4.66. The van der Waals surface area contributed by atoms with Crippen LogP contribution in [0.2, 0.25) is 0 Å². The van der Waals surface area contributed by atoms with Crippen LogP contribution in [0.4, 0.5) is 4.79 Å². The molecular formula is C19H23N3O2. The van der Waals surface area contributed by atoms with Crippen molar-refractivity contribution in [1.82, 2.24) is 16.0 Å². The number of urea groups is 1. The van der Waals surface area contributed by atoms with Crippen molar-refractivity contribution in [3.8, 4) is 0 Å². The van der Waals surface area contributed by atoms with Gasteiger partial charge in [-0.2, -0.15) is 0 Å². The first-order valence-corrected chi connectivity index (χ1v) is 8.38. The molecule has 0 aliphatic carbocycles. The smallest absolute Gasteiger partial charge is 0.315 e. The van der Waals surface area contributed by atoms with Crippen molar-refractivity contribution in [2.45, 2.75) is 32.4 Å². The number of fused-ring (bicyclic) bond motifs is 1. The molecule has 1 saturated heterocycles. The second kappa shape index (κ2) is 6.91. The minimum Gasteiger partial charge on any atom is -0.354 e. The van der Waals surface area contributed by atoms with E-state index >= 15 is 0 Å². The largest absolute Gasteiger partial charge is 0.354 e. The summed E-state index contributed by atoms with van der Waals surface area (Å²) in [6, 6.07) is 13.3. The Balaban J connectivity index is 1.65. The number of benzene rings is 2. The van der Waals surface area contributed by atoms with Gasteiger partial charge in [0.25, 0.3) is 0 Å². The molecule has 5 nitrogen and oxygen atoms in total. The maximum Gasteiger partial charge on any atom is 0.315 e. The van der Waals surface area contributed by atoms with Gasteiger partial charge >= 0.3 is 6.03 Å². The van der Waals surface area contributed by atoms with Gasteiger partial charge in [-0.15, -0.1) is 0 Å². The predicted molar refractivity (Wildman–Crippen MR) is 94.6 cm³/mol. The molecule has 0 spiro atoms. The highest BCUT2D eigenvalue weighted by atomic mass is 16.2. The third kappa shape index (κ3) is 3.50. The van der Waals surface area contributed by atoms with Crippen LogP contribution >= 0.6 is 0 Å². The molecule has 3 N–H and O–H groups in total. The highest BCUT2D eigenvalue weighted by Crippen LogP contribution is 2.20. The van der Waals surface area contributed by atoms with Crippen molar-refractivity contribution < 1.29 is 9.59 Å². The Kier molecular flexibility index (Phi) is 4.69. The highest BCUT2D eigenvalue weighted by molar-refractivity contribution is 5.88. The fourth-order valence-electron chi connectivity index (χ4n) is 3.11. The Morgan fingerprint density at radius 3 is 2.71 bits per heavy atom. The van der Waals surface area contributed by atoms with E-state index in [9.17, 15) is 9.59 Å². The van der Waals surface area contributed by atoms with Crippen LogP contribution < -0.4 is 16.0 Å². The van der Waals surface area contributed by atoms with Crippen LogP contribution in [0.15, 0.2) is 42.5 Å². The zero-order valence-electron chi connectivity index (χ0n) is 14.0. The van der Waals surface area contributed by atoms with Crippen LogP contribution in [0.5, 0.6) is 0 Å². The van der Waals surface area contributed by atoms with Crippen LogP contribution in [-0.2, 0) is 4.79 Å². The summed E-state index contributed by atoms with van der Waals surface area (Å²) >= 11 is 0. The van der Waals surface area contributed by atoms with Crippen LogP contribution in [0, 0.1) is 5.92 Å². The Hall–Kier alpha value is -2.56. The summed E-state index contributed by atoms with van der Waals surface area (Å²) in [6.45, 7) is 4.60. The molecule has 2 aromatic rings. The molecule has 3 rings (SSSR count). The average Bonchev–Trinajstić information content (AvgIpc) is 2.58. The number of hydrogen-bond donors (Lipinski definition) is 3. The molecule has 0 bridgehead atoms. The van der Waals surface area contributed by atoms with Crippen molar-refractivity contribution in [2.75, 3.05) is 6.54 Å². The molecule has 5 heteroatoms. The molecule has 0 saturated carbocycles. The van der Waals surface area contributed by atoms with Crippen molar-refractivity contribution in [1.29, 1.82) is 0 Å². The Morgan fingerprint density at radius 1 is 1.21 bits per heavy atom. The molecule has 1 aliphatic rings. The molecule has 0 aromatic heterocycles. The van der Waals surface area contributed by atoms with E-state index in [1.54, 1.807) is 0 Å². The van der Waals surface area contributed by atoms with Crippen molar-refractivity contribution in [3.05, 3.63) is 48.0 Å². The molecule has 24 heavy (non-hydrogen) atoms. The third-order valence-corrected chi connectivity index (χ3v) is 4.66. The summed E-state index contributed by atoms with van der Waals surface area (Å²) in [5.74, 6) is 0.0303. The molecule has 0 radical (unpaired) electrons. The van der Waals surface area contributed by atoms with Gasteiger partial charge in [0.2, 0.25) is 5.91 Å². The van der Waals surface area contributed by atoms with E-state index in [4.69, 9.17) is 0 Å². The number of carbonyl (C=O) groups is 2. The lowest BCUT2D eigenvalue weighted by atomic mass is 9.94. The van der Waals surface area contributed by atoms with Gasteiger partial charge < -0.3 is 16.0 Å². The Labute approximate surface area is 141 Å². The van der Waals surface area contributed by atoms with Crippen molar-refractivity contribution in [3.63, 3.8) is 0 Å². The van der Waals surface area contributed by atoms with E-state index < -0.39 is 6.04 Å².